The van der Waals surface area contributed by atoms with Crippen LogP contribution in [-0.2, 0) is 6.42 Å². The third-order valence-corrected chi connectivity index (χ3v) is 4.40. The van der Waals surface area contributed by atoms with Gasteiger partial charge in [-0.3, -0.25) is 9.20 Å². The molecule has 0 unspecified atom stereocenters. The van der Waals surface area contributed by atoms with Gasteiger partial charge in [0.25, 0.3) is 5.56 Å². The maximum absolute atomic E-state index is 13.2. The lowest BCUT2D eigenvalue weighted by Crippen LogP contribution is -2.22. The molecule has 5 nitrogen and oxygen atoms in total. The summed E-state index contributed by atoms with van der Waals surface area (Å²) in [6.45, 7) is 6.09. The lowest BCUT2D eigenvalue weighted by Gasteiger charge is -2.13. The lowest BCUT2D eigenvalue weighted by atomic mass is 10.1. The molecule has 120 valence electrons. The van der Waals surface area contributed by atoms with E-state index in [0.717, 1.165) is 34.6 Å². The van der Waals surface area contributed by atoms with Crippen LogP contribution in [0.1, 0.15) is 23.9 Å². The standard InChI is InChI=1S/C19H18N4O/c1-4-17-20-21-19-22(17)16-8-6-5-7-14(16)18(24)23(19)15-10-9-12(2)11-13(15)3/h5-11H,4H2,1-3H3. The number of benzene rings is 2. The van der Waals surface area contributed by atoms with Crippen molar-refractivity contribution in [2.24, 2.45) is 0 Å². The zero-order valence-electron chi connectivity index (χ0n) is 13.9. The summed E-state index contributed by atoms with van der Waals surface area (Å²) in [5, 5.41) is 9.27. The Bertz CT molecular complexity index is 1140. The first-order valence-electron chi connectivity index (χ1n) is 8.07. The molecule has 0 aliphatic rings. The molecule has 0 amide bonds. The van der Waals surface area contributed by atoms with E-state index in [1.165, 1.54) is 0 Å². The van der Waals surface area contributed by atoms with E-state index in [2.05, 4.69) is 16.3 Å². The molecule has 0 aliphatic carbocycles. The molecule has 5 heteroatoms. The number of fused-ring (bicyclic) bond motifs is 3. The quantitative estimate of drug-likeness (QED) is 0.570. The van der Waals surface area contributed by atoms with Crippen molar-refractivity contribution in [2.45, 2.75) is 27.2 Å². The van der Waals surface area contributed by atoms with Crippen molar-refractivity contribution < 1.29 is 0 Å². The van der Waals surface area contributed by atoms with Gasteiger partial charge in [0.05, 0.1) is 16.6 Å². The highest BCUT2D eigenvalue weighted by molar-refractivity contribution is 5.81. The molecule has 0 bridgehead atoms. The van der Waals surface area contributed by atoms with Crippen molar-refractivity contribution in [1.82, 2.24) is 19.2 Å². The Labute approximate surface area is 139 Å². The average Bonchev–Trinajstić information content (AvgIpc) is 3.00. The minimum atomic E-state index is -0.0693. The molecule has 0 aliphatic heterocycles. The van der Waals surface area contributed by atoms with Gasteiger partial charge in [0.1, 0.15) is 5.82 Å². The van der Waals surface area contributed by atoms with Gasteiger partial charge in [-0.05, 0) is 37.6 Å². The summed E-state index contributed by atoms with van der Waals surface area (Å²) in [6, 6.07) is 13.7. The number of para-hydroxylation sites is 1. The second-order valence-corrected chi connectivity index (χ2v) is 6.05. The van der Waals surface area contributed by atoms with E-state index in [0.29, 0.717) is 11.2 Å². The van der Waals surface area contributed by atoms with Crippen molar-refractivity contribution in [3.63, 3.8) is 0 Å². The minimum Gasteiger partial charge on any atom is -0.268 e. The third kappa shape index (κ3) is 1.98. The molecule has 0 saturated heterocycles. The smallest absolute Gasteiger partial charge is 0.267 e. The van der Waals surface area contributed by atoms with Crippen LogP contribution in [0.15, 0.2) is 47.3 Å². The molecule has 0 radical (unpaired) electrons. The minimum absolute atomic E-state index is 0.0693. The predicted molar refractivity (Wildman–Crippen MR) is 94.9 cm³/mol. The van der Waals surface area contributed by atoms with Gasteiger partial charge >= 0.3 is 0 Å². The summed E-state index contributed by atoms with van der Waals surface area (Å²) in [6.07, 6.45) is 0.746. The summed E-state index contributed by atoms with van der Waals surface area (Å²) in [5.74, 6) is 1.40. The van der Waals surface area contributed by atoms with Crippen LogP contribution in [0.3, 0.4) is 0 Å². The second-order valence-electron chi connectivity index (χ2n) is 6.05. The highest BCUT2D eigenvalue weighted by Gasteiger charge is 2.17. The fourth-order valence-electron chi connectivity index (χ4n) is 3.26. The summed E-state index contributed by atoms with van der Waals surface area (Å²) < 4.78 is 3.65. The van der Waals surface area contributed by atoms with Crippen LogP contribution in [0.4, 0.5) is 0 Å². The second kappa shape index (κ2) is 5.30. The molecule has 4 rings (SSSR count). The van der Waals surface area contributed by atoms with E-state index in [9.17, 15) is 4.79 Å². The van der Waals surface area contributed by atoms with Gasteiger partial charge < -0.3 is 0 Å². The summed E-state index contributed by atoms with van der Waals surface area (Å²) >= 11 is 0. The van der Waals surface area contributed by atoms with E-state index in [1.807, 2.05) is 61.6 Å². The number of nitrogens with zero attached hydrogens (tertiary/aromatic N) is 4. The number of aromatic nitrogens is 4. The molecule has 0 saturated carbocycles. The fourth-order valence-corrected chi connectivity index (χ4v) is 3.26. The highest BCUT2D eigenvalue weighted by Crippen LogP contribution is 2.20. The van der Waals surface area contributed by atoms with Gasteiger partial charge in [0.2, 0.25) is 5.78 Å². The van der Waals surface area contributed by atoms with Gasteiger partial charge in [-0.15, -0.1) is 10.2 Å². The van der Waals surface area contributed by atoms with E-state index in [4.69, 9.17) is 0 Å². The number of hydrogen-bond donors (Lipinski definition) is 0. The van der Waals surface area contributed by atoms with E-state index in [1.54, 1.807) is 4.57 Å². The van der Waals surface area contributed by atoms with Crippen molar-refractivity contribution in [1.29, 1.82) is 0 Å². The van der Waals surface area contributed by atoms with Crippen molar-refractivity contribution in [3.05, 3.63) is 69.8 Å². The number of rotatable bonds is 2. The normalized spacial score (nSPS) is 11.5. The molecule has 2 heterocycles. The van der Waals surface area contributed by atoms with Gasteiger partial charge in [-0.1, -0.05) is 36.8 Å². The first-order chi connectivity index (χ1) is 11.6. The molecule has 0 atom stereocenters. The SMILES string of the molecule is CCc1nnc2n(-c3ccc(C)cc3C)c(=O)c3ccccc3n12. The van der Waals surface area contributed by atoms with Crippen LogP contribution in [-0.4, -0.2) is 19.2 Å². The van der Waals surface area contributed by atoms with Crippen molar-refractivity contribution in [3.8, 4) is 5.69 Å². The topological polar surface area (TPSA) is 52.2 Å². The van der Waals surface area contributed by atoms with Crippen LogP contribution in [0.25, 0.3) is 22.4 Å². The molecule has 2 aromatic heterocycles. The molecule has 24 heavy (non-hydrogen) atoms. The predicted octanol–water partition coefficient (Wildman–Crippen LogP) is 3.21. The molecule has 2 aromatic carbocycles. The van der Waals surface area contributed by atoms with E-state index in [-0.39, 0.29) is 5.56 Å². The van der Waals surface area contributed by atoms with Crippen LogP contribution >= 0.6 is 0 Å². The largest absolute Gasteiger partial charge is 0.268 e. The van der Waals surface area contributed by atoms with Crippen LogP contribution < -0.4 is 5.56 Å². The van der Waals surface area contributed by atoms with Crippen molar-refractivity contribution in [2.75, 3.05) is 0 Å². The lowest BCUT2D eigenvalue weighted by molar-refractivity contribution is 0.916. The Balaban J connectivity index is 2.24. The number of aryl methyl sites for hydroxylation is 3. The summed E-state index contributed by atoms with van der Waals surface area (Å²) in [7, 11) is 0. The average molecular weight is 318 g/mol. The summed E-state index contributed by atoms with van der Waals surface area (Å²) in [4.78, 5) is 13.2. The zero-order valence-corrected chi connectivity index (χ0v) is 13.9. The maximum atomic E-state index is 13.2. The molecule has 0 spiro atoms. The Morgan fingerprint density at radius 2 is 1.83 bits per heavy atom. The van der Waals surface area contributed by atoms with E-state index < -0.39 is 0 Å². The van der Waals surface area contributed by atoms with Crippen LogP contribution in [0, 0.1) is 13.8 Å². The van der Waals surface area contributed by atoms with Crippen LogP contribution in [0.2, 0.25) is 0 Å². The molecule has 4 aromatic rings. The fraction of sp³-hybridized carbons (Fsp3) is 0.211. The Morgan fingerprint density at radius 3 is 2.58 bits per heavy atom. The van der Waals surface area contributed by atoms with E-state index >= 15 is 0 Å². The monoisotopic (exact) mass is 318 g/mol. The first-order valence-corrected chi connectivity index (χ1v) is 8.07. The first kappa shape index (κ1) is 14.6. The Hall–Kier alpha value is -2.95. The van der Waals surface area contributed by atoms with Crippen molar-refractivity contribution >= 4 is 16.7 Å². The van der Waals surface area contributed by atoms with Gasteiger partial charge in [-0.2, -0.15) is 0 Å². The highest BCUT2D eigenvalue weighted by atomic mass is 16.1. The van der Waals surface area contributed by atoms with Gasteiger partial charge in [0.15, 0.2) is 0 Å². The molecule has 0 fully saturated rings. The summed E-state index contributed by atoms with van der Waals surface area (Å²) in [5.41, 5.74) is 3.82. The Morgan fingerprint density at radius 1 is 1.04 bits per heavy atom. The number of hydrogen-bond acceptors (Lipinski definition) is 3. The van der Waals surface area contributed by atoms with Gasteiger partial charge in [0, 0.05) is 6.42 Å². The van der Waals surface area contributed by atoms with Crippen LogP contribution in [0.5, 0.6) is 0 Å². The zero-order chi connectivity index (χ0) is 16.8. The maximum Gasteiger partial charge on any atom is 0.267 e. The third-order valence-electron chi connectivity index (χ3n) is 4.40. The Kier molecular flexibility index (Phi) is 3.23. The molecular formula is C19H18N4O. The molecule has 0 N–H and O–H groups in total. The molecular weight excluding hydrogens is 300 g/mol. The van der Waals surface area contributed by atoms with Gasteiger partial charge in [-0.25, -0.2) is 4.57 Å².